The molecular formula is C13H21N5OS. The number of thioether (sulfide) groups is 1. The number of hydrogen-bond donors (Lipinski definition) is 2. The average Bonchev–Trinajstić information content (AvgIpc) is 2.37. The van der Waals surface area contributed by atoms with Crippen molar-refractivity contribution in [3.05, 3.63) is 6.07 Å². The second kappa shape index (κ2) is 6.30. The zero-order chi connectivity index (χ0) is 14.7. The topological polar surface area (TPSA) is 98.1 Å². The third-order valence-electron chi connectivity index (χ3n) is 3.47. The second-order valence-corrected chi connectivity index (χ2v) is 6.58. The summed E-state index contributed by atoms with van der Waals surface area (Å²) in [6, 6.07) is 1.50. The van der Waals surface area contributed by atoms with E-state index in [0.717, 1.165) is 25.9 Å². The minimum absolute atomic E-state index is 0.131. The first-order chi connectivity index (χ1) is 9.45. The van der Waals surface area contributed by atoms with Gasteiger partial charge in [-0.1, -0.05) is 18.7 Å². The molecule has 1 amide bonds. The van der Waals surface area contributed by atoms with Crippen molar-refractivity contribution in [3.8, 4) is 0 Å². The molecule has 7 heteroatoms. The summed E-state index contributed by atoms with van der Waals surface area (Å²) < 4.78 is 0. The van der Waals surface area contributed by atoms with E-state index < -0.39 is 0 Å². The number of hydrogen-bond acceptors (Lipinski definition) is 6. The SMILES string of the molecule is CC1CCN(C(=O)C(C)Sc2nc(N)cc(N)n2)CC1. The van der Waals surface area contributed by atoms with Crippen LogP contribution in [0.5, 0.6) is 0 Å². The lowest BCUT2D eigenvalue weighted by Crippen LogP contribution is -2.41. The zero-order valence-electron chi connectivity index (χ0n) is 11.9. The monoisotopic (exact) mass is 295 g/mol. The van der Waals surface area contributed by atoms with Crippen LogP contribution in [0.3, 0.4) is 0 Å². The Labute approximate surface area is 123 Å². The van der Waals surface area contributed by atoms with Crippen LogP contribution in [-0.4, -0.2) is 39.1 Å². The number of carbonyl (C=O) groups is 1. The van der Waals surface area contributed by atoms with Crippen LogP contribution in [0.1, 0.15) is 26.7 Å². The van der Waals surface area contributed by atoms with E-state index in [2.05, 4.69) is 16.9 Å². The van der Waals surface area contributed by atoms with E-state index in [1.807, 2.05) is 11.8 Å². The number of likely N-dealkylation sites (tertiary alicyclic amines) is 1. The highest BCUT2D eigenvalue weighted by atomic mass is 32.2. The van der Waals surface area contributed by atoms with Crippen LogP contribution < -0.4 is 11.5 Å². The third-order valence-corrected chi connectivity index (χ3v) is 4.42. The largest absolute Gasteiger partial charge is 0.383 e. The molecule has 0 aromatic carbocycles. The number of rotatable bonds is 3. The number of nitrogens with two attached hydrogens (primary N) is 2. The Morgan fingerprint density at radius 1 is 1.35 bits per heavy atom. The fourth-order valence-corrected chi connectivity index (χ4v) is 3.09. The van der Waals surface area contributed by atoms with Gasteiger partial charge in [0.05, 0.1) is 5.25 Å². The predicted molar refractivity (Wildman–Crippen MR) is 81.2 cm³/mol. The van der Waals surface area contributed by atoms with Crippen LogP contribution in [0.2, 0.25) is 0 Å². The Bertz CT molecular complexity index is 467. The van der Waals surface area contributed by atoms with Gasteiger partial charge in [-0.25, -0.2) is 9.97 Å². The quantitative estimate of drug-likeness (QED) is 0.646. The minimum atomic E-state index is -0.232. The maximum atomic E-state index is 12.4. The molecule has 1 unspecified atom stereocenters. The minimum Gasteiger partial charge on any atom is -0.383 e. The molecule has 0 spiro atoms. The van der Waals surface area contributed by atoms with Gasteiger partial charge in [0.2, 0.25) is 5.91 Å². The van der Waals surface area contributed by atoms with E-state index in [-0.39, 0.29) is 11.2 Å². The molecule has 6 nitrogen and oxygen atoms in total. The van der Waals surface area contributed by atoms with Crippen molar-refractivity contribution in [1.29, 1.82) is 0 Å². The van der Waals surface area contributed by atoms with Crippen molar-refractivity contribution in [3.63, 3.8) is 0 Å². The molecule has 1 aliphatic rings. The summed E-state index contributed by atoms with van der Waals surface area (Å²) in [4.78, 5) is 22.5. The highest BCUT2D eigenvalue weighted by Crippen LogP contribution is 2.25. The molecule has 2 heterocycles. The summed E-state index contributed by atoms with van der Waals surface area (Å²) in [6.45, 7) is 5.77. The third kappa shape index (κ3) is 3.75. The maximum Gasteiger partial charge on any atom is 0.235 e. The van der Waals surface area contributed by atoms with Gasteiger partial charge in [0.15, 0.2) is 5.16 Å². The Morgan fingerprint density at radius 2 is 1.90 bits per heavy atom. The van der Waals surface area contributed by atoms with Gasteiger partial charge < -0.3 is 16.4 Å². The number of anilines is 2. The summed E-state index contributed by atoms with van der Waals surface area (Å²) in [5.74, 6) is 1.49. The van der Waals surface area contributed by atoms with Crippen LogP contribution in [0.4, 0.5) is 11.6 Å². The number of aromatic nitrogens is 2. The Hall–Kier alpha value is -1.50. The van der Waals surface area contributed by atoms with E-state index in [0.29, 0.717) is 22.7 Å². The van der Waals surface area contributed by atoms with Gasteiger partial charge in [-0.15, -0.1) is 0 Å². The van der Waals surface area contributed by atoms with E-state index in [1.165, 1.54) is 17.8 Å². The predicted octanol–water partition coefficient (Wildman–Crippen LogP) is 1.38. The summed E-state index contributed by atoms with van der Waals surface area (Å²) >= 11 is 1.30. The van der Waals surface area contributed by atoms with Gasteiger partial charge in [-0.05, 0) is 25.7 Å². The van der Waals surface area contributed by atoms with Gasteiger partial charge in [-0.2, -0.15) is 0 Å². The van der Waals surface area contributed by atoms with E-state index in [4.69, 9.17) is 11.5 Å². The highest BCUT2D eigenvalue weighted by Gasteiger charge is 2.25. The molecule has 1 aromatic heterocycles. The fraction of sp³-hybridized carbons (Fsp3) is 0.615. The van der Waals surface area contributed by atoms with Gasteiger partial charge in [0, 0.05) is 19.2 Å². The second-order valence-electron chi connectivity index (χ2n) is 5.27. The van der Waals surface area contributed by atoms with Crippen molar-refractivity contribution in [2.75, 3.05) is 24.6 Å². The van der Waals surface area contributed by atoms with Gasteiger partial charge in [0.1, 0.15) is 11.6 Å². The first kappa shape index (κ1) is 14.9. The molecule has 0 saturated carbocycles. The molecule has 110 valence electrons. The molecule has 1 atom stereocenters. The molecule has 4 N–H and O–H groups in total. The molecule has 0 aliphatic carbocycles. The van der Waals surface area contributed by atoms with Gasteiger partial charge >= 0.3 is 0 Å². The van der Waals surface area contributed by atoms with Gasteiger partial charge in [0.25, 0.3) is 0 Å². The molecule has 0 bridgehead atoms. The first-order valence-corrected chi connectivity index (χ1v) is 7.69. The van der Waals surface area contributed by atoms with Crippen molar-refractivity contribution in [2.24, 2.45) is 5.92 Å². The highest BCUT2D eigenvalue weighted by molar-refractivity contribution is 8.00. The standard InChI is InChI=1S/C13H21N5OS/c1-8-3-5-18(6-4-8)12(19)9(2)20-13-16-10(14)7-11(15)17-13/h7-9H,3-6H2,1-2H3,(H4,14,15,16,17). The lowest BCUT2D eigenvalue weighted by Gasteiger charge is -2.31. The number of nitrogen functional groups attached to an aromatic ring is 2. The summed E-state index contributed by atoms with van der Waals surface area (Å²) in [5.41, 5.74) is 11.3. The van der Waals surface area contributed by atoms with Crippen LogP contribution in [0.15, 0.2) is 11.2 Å². The number of piperidine rings is 1. The van der Waals surface area contributed by atoms with Crippen molar-refractivity contribution >= 4 is 29.3 Å². The number of nitrogens with zero attached hydrogens (tertiary/aromatic N) is 3. The Morgan fingerprint density at radius 3 is 2.45 bits per heavy atom. The first-order valence-electron chi connectivity index (χ1n) is 6.81. The van der Waals surface area contributed by atoms with Crippen molar-refractivity contribution < 1.29 is 4.79 Å². The van der Waals surface area contributed by atoms with Crippen molar-refractivity contribution in [2.45, 2.75) is 37.1 Å². The summed E-state index contributed by atoms with van der Waals surface area (Å²) in [5, 5.41) is 0.221. The average molecular weight is 295 g/mol. The normalized spacial score (nSPS) is 18.0. The Kier molecular flexibility index (Phi) is 4.69. The van der Waals surface area contributed by atoms with E-state index in [9.17, 15) is 4.79 Å². The number of amides is 1. The molecule has 20 heavy (non-hydrogen) atoms. The molecule has 1 aromatic rings. The van der Waals surface area contributed by atoms with E-state index in [1.54, 1.807) is 0 Å². The zero-order valence-corrected chi connectivity index (χ0v) is 12.7. The maximum absolute atomic E-state index is 12.4. The molecule has 0 radical (unpaired) electrons. The van der Waals surface area contributed by atoms with Crippen LogP contribution in [0, 0.1) is 5.92 Å². The van der Waals surface area contributed by atoms with E-state index >= 15 is 0 Å². The summed E-state index contributed by atoms with van der Waals surface area (Å²) in [6.07, 6.45) is 2.15. The summed E-state index contributed by atoms with van der Waals surface area (Å²) in [7, 11) is 0. The molecule has 1 aliphatic heterocycles. The number of carbonyl (C=O) groups excluding carboxylic acids is 1. The molecule has 2 rings (SSSR count). The van der Waals surface area contributed by atoms with Crippen LogP contribution in [0.25, 0.3) is 0 Å². The van der Waals surface area contributed by atoms with Gasteiger partial charge in [-0.3, -0.25) is 4.79 Å². The Balaban J connectivity index is 1.97. The van der Waals surface area contributed by atoms with Crippen molar-refractivity contribution in [1.82, 2.24) is 14.9 Å². The lowest BCUT2D eigenvalue weighted by atomic mass is 9.99. The molecule has 1 fully saturated rings. The van der Waals surface area contributed by atoms with Crippen LogP contribution >= 0.6 is 11.8 Å². The smallest absolute Gasteiger partial charge is 0.235 e. The fourth-order valence-electron chi connectivity index (χ4n) is 2.21. The molecular weight excluding hydrogens is 274 g/mol. The molecule has 1 saturated heterocycles. The lowest BCUT2D eigenvalue weighted by molar-refractivity contribution is -0.131. The van der Waals surface area contributed by atoms with Crippen LogP contribution in [-0.2, 0) is 4.79 Å².